The van der Waals surface area contributed by atoms with Crippen molar-refractivity contribution in [2.75, 3.05) is 16.8 Å². The van der Waals surface area contributed by atoms with E-state index in [0.717, 1.165) is 6.07 Å². The van der Waals surface area contributed by atoms with E-state index in [0.29, 0.717) is 11.0 Å². The summed E-state index contributed by atoms with van der Waals surface area (Å²) in [6.45, 7) is 1.51. The number of nitrogens with zero attached hydrogens (tertiary/aromatic N) is 3. The molecule has 2 aromatic heterocycles. The lowest BCUT2D eigenvalue weighted by molar-refractivity contribution is -0.143. The van der Waals surface area contributed by atoms with Crippen molar-refractivity contribution < 1.29 is 26.4 Å². The van der Waals surface area contributed by atoms with Crippen LogP contribution in [0.4, 0.5) is 19.0 Å². The number of fused-ring (bicyclic) bond motifs is 1. The quantitative estimate of drug-likeness (QED) is 0.508. The molecule has 190 valence electrons. The first-order chi connectivity index (χ1) is 16.8. The second kappa shape index (κ2) is 9.04. The lowest BCUT2D eigenvalue weighted by Crippen LogP contribution is -2.34. The summed E-state index contributed by atoms with van der Waals surface area (Å²) in [4.78, 5) is 32.5. The van der Waals surface area contributed by atoms with E-state index in [9.17, 15) is 26.8 Å². The predicted octanol–water partition coefficient (Wildman–Crippen LogP) is 2.42. The third-order valence-electron chi connectivity index (χ3n) is 6.11. The first-order valence-corrected chi connectivity index (χ1v) is 12.6. The third kappa shape index (κ3) is 4.45. The molecule has 4 rings (SSSR count). The van der Waals surface area contributed by atoms with Crippen LogP contribution in [-0.4, -0.2) is 40.4 Å². The Morgan fingerprint density at radius 1 is 1.28 bits per heavy atom. The highest BCUT2D eigenvalue weighted by atomic mass is 32.2. The average molecular weight is 522 g/mol. The number of carbonyl (C=O) groups excluding carboxylic acids is 1. The summed E-state index contributed by atoms with van der Waals surface area (Å²) in [7, 11) is -1.70. The van der Waals surface area contributed by atoms with E-state index < -0.39 is 39.1 Å². The number of allylic oxidation sites excluding steroid dienone is 1. The Balaban J connectivity index is 1.78. The average Bonchev–Trinajstić information content (AvgIpc) is 2.81. The summed E-state index contributed by atoms with van der Waals surface area (Å²) in [5.74, 6) is -7.53. The molecular weight excluding hydrogens is 499 g/mol. The molecule has 3 aromatic rings. The van der Waals surface area contributed by atoms with Crippen molar-refractivity contribution in [3.05, 3.63) is 69.5 Å². The Morgan fingerprint density at radius 2 is 2.00 bits per heavy atom. The summed E-state index contributed by atoms with van der Waals surface area (Å²) >= 11 is 0. The lowest BCUT2D eigenvalue weighted by atomic mass is 9.99. The molecule has 1 aromatic carbocycles. The Bertz CT molecular complexity index is 1580. The van der Waals surface area contributed by atoms with E-state index >= 15 is 4.39 Å². The normalized spacial score (nSPS) is 16.4. The highest BCUT2D eigenvalue weighted by Gasteiger charge is 2.42. The van der Waals surface area contributed by atoms with Gasteiger partial charge in [0.1, 0.15) is 23.6 Å². The van der Waals surface area contributed by atoms with Gasteiger partial charge in [-0.25, -0.2) is 22.8 Å². The fraction of sp³-hybridized carbons (Fsp3) is 0.304. The van der Waals surface area contributed by atoms with Crippen molar-refractivity contribution in [3.63, 3.8) is 0 Å². The van der Waals surface area contributed by atoms with Gasteiger partial charge in [-0.3, -0.25) is 14.2 Å². The molecule has 9 nitrogen and oxygen atoms in total. The van der Waals surface area contributed by atoms with E-state index in [1.165, 1.54) is 49.1 Å². The van der Waals surface area contributed by atoms with Crippen LogP contribution in [0.15, 0.2) is 41.5 Å². The third-order valence-corrected chi connectivity index (χ3v) is 7.61. The van der Waals surface area contributed by atoms with Gasteiger partial charge in [-0.15, -0.1) is 0 Å². The van der Waals surface area contributed by atoms with Gasteiger partial charge in [0.15, 0.2) is 9.84 Å². The summed E-state index contributed by atoms with van der Waals surface area (Å²) in [5.41, 5.74) is 4.17. The van der Waals surface area contributed by atoms with Gasteiger partial charge in [-0.05, 0) is 31.1 Å². The number of sulfone groups is 1. The summed E-state index contributed by atoms with van der Waals surface area (Å²) in [5, 5.41) is 3.34. The zero-order valence-corrected chi connectivity index (χ0v) is 20.1. The van der Waals surface area contributed by atoms with Gasteiger partial charge in [0.2, 0.25) is 0 Å². The van der Waals surface area contributed by atoms with Gasteiger partial charge in [0.05, 0.1) is 28.5 Å². The Labute approximate surface area is 203 Å². The molecule has 1 aliphatic rings. The molecular formula is C23H22F3N5O4S. The van der Waals surface area contributed by atoms with Gasteiger partial charge < -0.3 is 11.1 Å². The number of aryl methyl sites for hydroxylation is 1. The van der Waals surface area contributed by atoms with Crippen LogP contribution >= 0.6 is 0 Å². The van der Waals surface area contributed by atoms with Gasteiger partial charge >= 0.3 is 5.92 Å². The molecule has 0 spiro atoms. The van der Waals surface area contributed by atoms with Crippen molar-refractivity contribution in [2.45, 2.75) is 25.3 Å². The van der Waals surface area contributed by atoms with Crippen molar-refractivity contribution in [1.29, 1.82) is 0 Å². The zero-order chi connectivity index (χ0) is 26.4. The number of rotatable bonds is 6. The van der Waals surface area contributed by atoms with Crippen LogP contribution in [0.3, 0.4) is 0 Å². The number of carbonyl (C=O) groups is 1. The molecule has 0 fully saturated rings. The number of amides is 1. The number of halogens is 3. The smallest absolute Gasteiger partial charge is 0.352 e. The number of alkyl halides is 2. The van der Waals surface area contributed by atoms with E-state index in [-0.39, 0.29) is 46.1 Å². The van der Waals surface area contributed by atoms with E-state index in [2.05, 4.69) is 15.3 Å². The maximum absolute atomic E-state index is 15.0. The van der Waals surface area contributed by atoms with Crippen molar-refractivity contribution in [2.24, 2.45) is 12.8 Å². The van der Waals surface area contributed by atoms with Gasteiger partial charge in [-0.2, -0.15) is 8.78 Å². The van der Waals surface area contributed by atoms with Crippen LogP contribution in [0, 0.1) is 5.82 Å². The summed E-state index contributed by atoms with van der Waals surface area (Å²) in [6.07, 6.45) is 2.86. The number of hydrogen-bond donors (Lipinski definition) is 2. The van der Waals surface area contributed by atoms with Gasteiger partial charge in [0.25, 0.3) is 11.5 Å². The number of aromatic nitrogens is 3. The predicted molar refractivity (Wildman–Crippen MR) is 128 cm³/mol. The van der Waals surface area contributed by atoms with Crippen molar-refractivity contribution in [3.8, 4) is 0 Å². The highest BCUT2D eigenvalue weighted by Crippen LogP contribution is 2.34. The molecule has 1 aliphatic heterocycles. The molecule has 0 aliphatic carbocycles. The lowest BCUT2D eigenvalue weighted by Gasteiger charge is -2.21. The maximum Gasteiger partial charge on any atom is 0.352 e. The SMILES string of the molecule is C[C@@H](Nc1ncnc2c1cc(C1=CCS(=O)(=O)CC1)c(=O)n2C)c1cccc(C(F)(F)C(N)=O)c1F. The fourth-order valence-corrected chi connectivity index (χ4v) is 5.23. The van der Waals surface area contributed by atoms with Crippen LogP contribution in [0.5, 0.6) is 0 Å². The minimum atomic E-state index is -4.20. The number of anilines is 1. The molecule has 0 saturated heterocycles. The molecule has 3 heterocycles. The van der Waals surface area contributed by atoms with Gasteiger partial charge in [0, 0.05) is 18.2 Å². The van der Waals surface area contributed by atoms with E-state index in [4.69, 9.17) is 5.73 Å². The molecule has 13 heteroatoms. The summed E-state index contributed by atoms with van der Waals surface area (Å²) in [6, 6.07) is 3.89. The van der Waals surface area contributed by atoms with Crippen LogP contribution < -0.4 is 16.6 Å². The number of nitrogens with one attached hydrogen (secondary N) is 1. The van der Waals surface area contributed by atoms with Crippen molar-refractivity contribution >= 4 is 38.2 Å². The molecule has 0 bridgehead atoms. The number of nitrogens with two attached hydrogens (primary N) is 1. The van der Waals surface area contributed by atoms with Crippen molar-refractivity contribution in [1.82, 2.24) is 14.5 Å². The molecule has 1 atom stereocenters. The van der Waals surface area contributed by atoms with E-state index in [1.54, 1.807) is 0 Å². The minimum Gasteiger partial charge on any atom is -0.364 e. The maximum atomic E-state index is 15.0. The molecule has 0 saturated carbocycles. The monoisotopic (exact) mass is 521 g/mol. The number of pyridine rings is 1. The number of hydrogen-bond acceptors (Lipinski definition) is 7. The molecule has 36 heavy (non-hydrogen) atoms. The Morgan fingerprint density at radius 3 is 2.64 bits per heavy atom. The topological polar surface area (TPSA) is 137 Å². The van der Waals surface area contributed by atoms with Crippen LogP contribution in [-0.2, 0) is 27.6 Å². The molecule has 3 N–H and O–H groups in total. The second-order valence-corrected chi connectivity index (χ2v) is 10.7. The Kier molecular flexibility index (Phi) is 6.37. The standard InChI is InChI=1S/C23H22F3N5O4S/c1-12(14-4-3-5-17(18(14)24)23(25,26)22(27)33)30-19-16-10-15(13-6-8-36(34,35)9-7-13)21(32)31(2)20(16)29-11-28-19/h3-6,10-12H,7-9H2,1-2H3,(H2,27,33)(H,28,29,30)/t12-/m1/s1. The highest BCUT2D eigenvalue weighted by molar-refractivity contribution is 7.91. The van der Waals surface area contributed by atoms with Crippen LogP contribution in [0.25, 0.3) is 16.6 Å². The Hall–Kier alpha value is -3.74. The molecule has 0 unspecified atom stereocenters. The first-order valence-electron chi connectivity index (χ1n) is 10.8. The first kappa shape index (κ1) is 25.4. The largest absolute Gasteiger partial charge is 0.364 e. The zero-order valence-electron chi connectivity index (χ0n) is 19.3. The second-order valence-electron chi connectivity index (χ2n) is 8.49. The molecule has 1 amide bonds. The minimum absolute atomic E-state index is 0.0843. The number of benzene rings is 1. The van der Waals surface area contributed by atoms with Crippen LogP contribution in [0.2, 0.25) is 0 Å². The summed E-state index contributed by atoms with van der Waals surface area (Å²) < 4.78 is 68.2. The number of primary amides is 1. The fourth-order valence-electron chi connectivity index (χ4n) is 4.08. The van der Waals surface area contributed by atoms with Gasteiger partial charge in [-0.1, -0.05) is 18.2 Å². The van der Waals surface area contributed by atoms with Crippen LogP contribution in [0.1, 0.15) is 36.1 Å². The van der Waals surface area contributed by atoms with E-state index in [1.807, 2.05) is 0 Å². The molecule has 0 radical (unpaired) electrons.